The third-order valence-electron chi connectivity index (χ3n) is 11.1. The zero-order valence-electron chi connectivity index (χ0n) is 30.4. The van der Waals surface area contributed by atoms with E-state index in [-0.39, 0.29) is 12.3 Å². The first-order chi connectivity index (χ1) is 27.8. The van der Waals surface area contributed by atoms with Crippen LogP contribution < -0.4 is 10.6 Å². The third-order valence-corrected chi connectivity index (χ3v) is 12.4. The molecule has 2 unspecified atom stereocenters. The number of aromatic nitrogens is 1. The number of aliphatic imine (C=N–C) groups is 1. The summed E-state index contributed by atoms with van der Waals surface area (Å²) in [5.41, 5.74) is 11.8. The lowest BCUT2D eigenvalue weighted by atomic mass is 9.94. The van der Waals surface area contributed by atoms with Gasteiger partial charge in [0.25, 0.3) is 0 Å². The van der Waals surface area contributed by atoms with Crippen molar-refractivity contribution in [2.75, 3.05) is 0 Å². The molecule has 0 spiro atoms. The summed E-state index contributed by atoms with van der Waals surface area (Å²) in [4.78, 5) is 5.27. The van der Waals surface area contributed by atoms with Gasteiger partial charge in [0.2, 0.25) is 0 Å². The van der Waals surface area contributed by atoms with E-state index in [1.165, 1.54) is 69.9 Å². The van der Waals surface area contributed by atoms with E-state index in [4.69, 9.17) is 4.99 Å². The maximum absolute atomic E-state index is 5.27. The van der Waals surface area contributed by atoms with Gasteiger partial charge in [0.05, 0.1) is 21.4 Å². The number of para-hydroxylation sites is 2. The van der Waals surface area contributed by atoms with E-state index in [1.807, 2.05) is 11.3 Å². The fraction of sp³-hybridized carbons (Fsp3) is 0.0392. The summed E-state index contributed by atoms with van der Waals surface area (Å²) < 4.78 is 5.02. The topological polar surface area (TPSA) is 41.4 Å². The minimum Gasteiger partial charge on any atom is -0.350 e. The summed E-state index contributed by atoms with van der Waals surface area (Å²) >= 11 is 1.90. The SMILES string of the molecule is c1ccc(-c2ccc(-c3cccc(C4=NC(c5ccccc5)NC(c5ccccc5)N4)c3)c3c2sc2c(-n4c5ccccc5c5ccccc54)cccc23)cc1. The molecule has 0 aliphatic carbocycles. The Morgan fingerprint density at radius 3 is 1.77 bits per heavy atom. The van der Waals surface area contributed by atoms with Crippen LogP contribution in [0.15, 0.2) is 199 Å². The Bertz CT molecular complexity index is 3040. The lowest BCUT2D eigenvalue weighted by Crippen LogP contribution is -2.44. The van der Waals surface area contributed by atoms with E-state index in [0.717, 1.165) is 22.5 Å². The predicted octanol–water partition coefficient (Wildman–Crippen LogP) is 12.8. The minimum absolute atomic E-state index is 0.102. The first kappa shape index (κ1) is 32.6. The normalized spacial score (nSPS) is 15.7. The van der Waals surface area contributed by atoms with Crippen LogP contribution in [0.25, 0.3) is 69.9 Å². The summed E-state index contributed by atoms with van der Waals surface area (Å²) in [6.07, 6.45) is -0.298. The fourth-order valence-corrected chi connectivity index (χ4v) is 9.86. The maximum Gasteiger partial charge on any atom is 0.131 e. The van der Waals surface area contributed by atoms with Crippen molar-refractivity contribution < 1.29 is 0 Å². The first-order valence-electron chi connectivity index (χ1n) is 19.1. The van der Waals surface area contributed by atoms with Crippen molar-refractivity contribution in [1.29, 1.82) is 0 Å². The highest BCUT2D eigenvalue weighted by Crippen LogP contribution is 2.47. The molecule has 2 aromatic heterocycles. The molecule has 0 radical (unpaired) electrons. The molecule has 0 bridgehead atoms. The second-order valence-electron chi connectivity index (χ2n) is 14.4. The van der Waals surface area contributed by atoms with Crippen LogP contribution in [0.2, 0.25) is 0 Å². The second kappa shape index (κ2) is 13.5. The van der Waals surface area contributed by atoms with Crippen LogP contribution in [0.5, 0.6) is 0 Å². The van der Waals surface area contributed by atoms with Gasteiger partial charge in [0.15, 0.2) is 0 Å². The van der Waals surface area contributed by atoms with Crippen molar-refractivity contribution in [3.8, 4) is 27.9 Å². The van der Waals surface area contributed by atoms with Gasteiger partial charge in [-0.05, 0) is 57.6 Å². The zero-order valence-corrected chi connectivity index (χ0v) is 31.2. The largest absolute Gasteiger partial charge is 0.350 e. The summed E-state index contributed by atoms with van der Waals surface area (Å²) in [5, 5.41) is 12.5. The number of hydrogen-bond acceptors (Lipinski definition) is 4. The van der Waals surface area contributed by atoms with Crippen LogP contribution in [0, 0.1) is 0 Å². The highest BCUT2D eigenvalue weighted by Gasteiger charge is 2.26. The van der Waals surface area contributed by atoms with E-state index in [2.05, 4.69) is 209 Å². The van der Waals surface area contributed by atoms with Gasteiger partial charge in [-0.15, -0.1) is 11.3 Å². The molecule has 4 nitrogen and oxygen atoms in total. The number of nitrogens with zero attached hydrogens (tertiary/aromatic N) is 2. The van der Waals surface area contributed by atoms with E-state index in [1.54, 1.807) is 0 Å². The van der Waals surface area contributed by atoms with Gasteiger partial charge in [-0.1, -0.05) is 170 Å². The highest BCUT2D eigenvalue weighted by atomic mass is 32.1. The molecule has 0 amide bonds. The number of thiophene rings is 1. The average Bonchev–Trinajstić information content (AvgIpc) is 3.84. The first-order valence-corrected chi connectivity index (χ1v) is 19.9. The third kappa shape index (κ3) is 5.43. The number of nitrogens with one attached hydrogen (secondary N) is 2. The lowest BCUT2D eigenvalue weighted by molar-refractivity contribution is 0.409. The molecule has 266 valence electrons. The molecule has 1 aliphatic rings. The van der Waals surface area contributed by atoms with Crippen molar-refractivity contribution in [2.45, 2.75) is 12.3 Å². The van der Waals surface area contributed by atoms with Crippen molar-refractivity contribution >= 4 is 59.2 Å². The second-order valence-corrected chi connectivity index (χ2v) is 15.4. The lowest BCUT2D eigenvalue weighted by Gasteiger charge is -2.32. The fourth-order valence-electron chi connectivity index (χ4n) is 8.49. The van der Waals surface area contributed by atoms with Crippen LogP contribution in [-0.4, -0.2) is 10.4 Å². The van der Waals surface area contributed by atoms with Gasteiger partial charge < -0.3 is 9.88 Å². The summed E-state index contributed by atoms with van der Waals surface area (Å²) in [5.74, 6) is 0.870. The van der Waals surface area contributed by atoms with E-state index < -0.39 is 0 Å². The van der Waals surface area contributed by atoms with Crippen LogP contribution in [-0.2, 0) is 0 Å². The number of fused-ring (bicyclic) bond motifs is 6. The number of amidine groups is 1. The Balaban J connectivity index is 1.12. The number of hydrogen-bond donors (Lipinski definition) is 2. The molecule has 0 saturated heterocycles. The Kier molecular flexibility index (Phi) is 7.87. The average molecular weight is 737 g/mol. The monoisotopic (exact) mass is 736 g/mol. The van der Waals surface area contributed by atoms with E-state index in [9.17, 15) is 0 Å². The number of rotatable bonds is 6. The molecule has 1 aliphatic heterocycles. The quantitative estimate of drug-likeness (QED) is 0.178. The van der Waals surface area contributed by atoms with Crippen molar-refractivity contribution in [3.63, 3.8) is 0 Å². The Morgan fingerprint density at radius 1 is 0.464 bits per heavy atom. The van der Waals surface area contributed by atoms with Crippen LogP contribution in [0.1, 0.15) is 29.0 Å². The zero-order chi connectivity index (χ0) is 37.0. The van der Waals surface area contributed by atoms with E-state index in [0.29, 0.717) is 0 Å². The smallest absolute Gasteiger partial charge is 0.131 e. The van der Waals surface area contributed by atoms with Crippen molar-refractivity contribution in [3.05, 3.63) is 211 Å². The minimum atomic E-state index is -0.196. The molecule has 11 rings (SSSR count). The van der Waals surface area contributed by atoms with Gasteiger partial charge in [0, 0.05) is 31.8 Å². The Hall–Kier alpha value is -6.79. The van der Waals surface area contributed by atoms with Gasteiger partial charge in [-0.25, -0.2) is 4.99 Å². The molecule has 56 heavy (non-hydrogen) atoms. The molecular formula is C51H36N4S. The summed E-state index contributed by atoms with van der Waals surface area (Å²) in [7, 11) is 0. The molecule has 3 heterocycles. The van der Waals surface area contributed by atoms with E-state index >= 15 is 0 Å². The van der Waals surface area contributed by atoms with Crippen molar-refractivity contribution in [2.24, 2.45) is 4.99 Å². The molecular weight excluding hydrogens is 701 g/mol. The molecule has 2 N–H and O–H groups in total. The van der Waals surface area contributed by atoms with Crippen LogP contribution in [0.3, 0.4) is 0 Å². The number of benzene rings is 8. The maximum atomic E-state index is 5.27. The van der Waals surface area contributed by atoms with Crippen LogP contribution >= 0.6 is 11.3 Å². The Morgan fingerprint density at radius 2 is 1.04 bits per heavy atom. The van der Waals surface area contributed by atoms with Gasteiger partial charge >= 0.3 is 0 Å². The Labute approximate surface area is 329 Å². The molecule has 5 heteroatoms. The molecule has 2 atom stereocenters. The highest BCUT2D eigenvalue weighted by molar-refractivity contribution is 7.27. The van der Waals surface area contributed by atoms with Gasteiger partial charge in [-0.3, -0.25) is 5.32 Å². The molecule has 0 saturated carbocycles. The molecule has 8 aromatic carbocycles. The van der Waals surface area contributed by atoms with Crippen molar-refractivity contribution in [1.82, 2.24) is 15.2 Å². The molecule has 0 fully saturated rings. The van der Waals surface area contributed by atoms with Crippen LogP contribution in [0.4, 0.5) is 0 Å². The molecule has 10 aromatic rings. The van der Waals surface area contributed by atoms with Gasteiger partial charge in [0.1, 0.15) is 18.2 Å². The standard InChI is InChI=1S/C51H36N4S/c1-4-16-33(17-5-1)39-31-30-38(36-22-14-23-37(32-36)51-53-49(34-18-6-2-7-19-34)52-50(54-51)35-20-8-3-9-21-35)46-42-26-15-29-45(47(42)56-48(39)46)55-43-27-12-10-24-40(43)41-25-11-13-28-44(41)55/h1-32,49-50,52H,(H,53,54). The summed E-state index contributed by atoms with van der Waals surface area (Å²) in [6, 6.07) is 69.7. The summed E-state index contributed by atoms with van der Waals surface area (Å²) in [6.45, 7) is 0. The predicted molar refractivity (Wildman–Crippen MR) is 236 cm³/mol. The van der Waals surface area contributed by atoms with Gasteiger partial charge in [-0.2, -0.15) is 0 Å².